The van der Waals surface area contributed by atoms with Gasteiger partial charge in [0.05, 0.1) is 6.54 Å². The van der Waals surface area contributed by atoms with E-state index in [4.69, 9.17) is 16.3 Å². The highest BCUT2D eigenvalue weighted by Gasteiger charge is 2.08. The number of hydrogen-bond acceptors (Lipinski definition) is 3. The summed E-state index contributed by atoms with van der Waals surface area (Å²) in [7, 11) is 0. The number of nitrogens with one attached hydrogen (secondary N) is 1. The van der Waals surface area contributed by atoms with E-state index in [0.29, 0.717) is 5.57 Å². The van der Waals surface area contributed by atoms with Gasteiger partial charge in [0, 0.05) is 5.57 Å². The number of hydrogen-bond donors (Lipinski definition) is 1. The zero-order valence-electron chi connectivity index (χ0n) is 8.30. The monoisotopic (exact) mass is 219 g/mol. The Bertz CT molecular complexity index is 238. The smallest absolute Gasteiger partial charge is 0.333 e. The number of ether oxygens (including phenoxy) is 1. The highest BCUT2D eigenvalue weighted by atomic mass is 35.5. The third kappa shape index (κ3) is 5.59. The topological polar surface area (TPSA) is 55.4 Å². The van der Waals surface area contributed by atoms with E-state index in [1.54, 1.807) is 13.8 Å². The summed E-state index contributed by atoms with van der Waals surface area (Å²) in [6.45, 7) is 6.92. The summed E-state index contributed by atoms with van der Waals surface area (Å²) in [5.41, 5.74) is 0.335. The zero-order valence-corrected chi connectivity index (χ0v) is 9.06. The van der Waals surface area contributed by atoms with E-state index in [0.717, 1.165) is 0 Å². The van der Waals surface area contributed by atoms with Gasteiger partial charge in [0.2, 0.25) is 5.91 Å². The lowest BCUT2D eigenvalue weighted by atomic mass is 10.4. The molecule has 0 saturated carbocycles. The van der Waals surface area contributed by atoms with Crippen LogP contribution < -0.4 is 5.32 Å². The standard InChI is InChI=1S/C9H14ClNO3/c1-6(2)9(13)14-5-4-11-8(12)7(3)10/h7H,1,4-5H2,2-3H3,(H,11,12). The molecule has 0 saturated heterocycles. The van der Waals surface area contributed by atoms with Crippen LogP contribution in [-0.4, -0.2) is 30.4 Å². The normalized spacial score (nSPS) is 11.6. The van der Waals surface area contributed by atoms with Gasteiger partial charge >= 0.3 is 5.97 Å². The van der Waals surface area contributed by atoms with Gasteiger partial charge in [-0.3, -0.25) is 4.79 Å². The molecule has 1 N–H and O–H groups in total. The first-order valence-corrected chi connectivity index (χ1v) is 4.63. The van der Waals surface area contributed by atoms with Crippen LogP contribution in [-0.2, 0) is 14.3 Å². The van der Waals surface area contributed by atoms with Crippen LogP contribution >= 0.6 is 11.6 Å². The minimum Gasteiger partial charge on any atom is -0.460 e. The quantitative estimate of drug-likeness (QED) is 0.323. The Morgan fingerprint density at radius 1 is 1.57 bits per heavy atom. The maximum Gasteiger partial charge on any atom is 0.333 e. The molecule has 80 valence electrons. The first kappa shape index (κ1) is 13.0. The molecule has 0 fully saturated rings. The summed E-state index contributed by atoms with van der Waals surface area (Å²) in [5.74, 6) is -0.740. The molecule has 0 aromatic rings. The second-order valence-corrected chi connectivity index (χ2v) is 3.48. The van der Waals surface area contributed by atoms with E-state index in [9.17, 15) is 9.59 Å². The lowest BCUT2D eigenvalue weighted by Gasteiger charge is -2.07. The fourth-order valence-corrected chi connectivity index (χ4v) is 0.659. The third-order valence-corrected chi connectivity index (χ3v) is 1.54. The molecule has 1 atom stereocenters. The number of esters is 1. The maximum atomic E-state index is 10.9. The molecule has 0 heterocycles. The number of carbonyl (C=O) groups is 2. The van der Waals surface area contributed by atoms with Crippen molar-refractivity contribution in [1.29, 1.82) is 0 Å². The molecule has 14 heavy (non-hydrogen) atoms. The lowest BCUT2D eigenvalue weighted by Crippen LogP contribution is -2.32. The van der Waals surface area contributed by atoms with Gasteiger partial charge in [-0.05, 0) is 13.8 Å². The van der Waals surface area contributed by atoms with Gasteiger partial charge in [0.15, 0.2) is 0 Å². The Hall–Kier alpha value is -1.03. The Morgan fingerprint density at radius 3 is 2.57 bits per heavy atom. The number of halogens is 1. The van der Waals surface area contributed by atoms with Crippen molar-refractivity contribution in [3.05, 3.63) is 12.2 Å². The van der Waals surface area contributed by atoms with Crippen molar-refractivity contribution >= 4 is 23.5 Å². The summed E-state index contributed by atoms with van der Waals surface area (Å²) in [6.07, 6.45) is 0. The minimum atomic E-state index is -0.577. The van der Waals surface area contributed by atoms with Crippen molar-refractivity contribution in [2.75, 3.05) is 13.2 Å². The lowest BCUT2D eigenvalue weighted by molar-refractivity contribution is -0.139. The van der Waals surface area contributed by atoms with E-state index in [1.165, 1.54) is 0 Å². The fraction of sp³-hybridized carbons (Fsp3) is 0.556. The largest absolute Gasteiger partial charge is 0.460 e. The SMILES string of the molecule is C=C(C)C(=O)OCCNC(=O)C(C)Cl. The van der Waals surface area contributed by atoms with Crippen molar-refractivity contribution < 1.29 is 14.3 Å². The van der Waals surface area contributed by atoms with Gasteiger partial charge in [-0.2, -0.15) is 0 Å². The van der Waals surface area contributed by atoms with Gasteiger partial charge < -0.3 is 10.1 Å². The molecule has 0 rings (SSSR count). The van der Waals surface area contributed by atoms with E-state index < -0.39 is 11.3 Å². The Kier molecular flexibility index (Phi) is 5.95. The predicted molar refractivity (Wildman–Crippen MR) is 54.1 cm³/mol. The van der Waals surface area contributed by atoms with Gasteiger partial charge in [0.25, 0.3) is 0 Å². The van der Waals surface area contributed by atoms with Crippen molar-refractivity contribution in [3.8, 4) is 0 Å². The van der Waals surface area contributed by atoms with Crippen LogP contribution in [0.4, 0.5) is 0 Å². The number of alkyl halides is 1. The van der Waals surface area contributed by atoms with E-state index in [2.05, 4.69) is 11.9 Å². The molecule has 1 amide bonds. The highest BCUT2D eigenvalue weighted by Crippen LogP contribution is 1.93. The van der Waals surface area contributed by atoms with Gasteiger partial charge in [-0.25, -0.2) is 4.79 Å². The van der Waals surface area contributed by atoms with Gasteiger partial charge in [-0.1, -0.05) is 6.58 Å². The fourth-order valence-electron chi connectivity index (χ4n) is 0.582. The maximum absolute atomic E-state index is 10.9. The molecule has 4 nitrogen and oxygen atoms in total. The molecule has 0 spiro atoms. The molecule has 0 aromatic carbocycles. The minimum absolute atomic E-state index is 0.126. The van der Waals surface area contributed by atoms with E-state index in [1.807, 2.05) is 0 Å². The number of rotatable bonds is 5. The van der Waals surface area contributed by atoms with Gasteiger partial charge in [0.1, 0.15) is 12.0 Å². The van der Waals surface area contributed by atoms with Crippen molar-refractivity contribution in [2.24, 2.45) is 0 Å². The molecular weight excluding hydrogens is 206 g/mol. The molecule has 0 aliphatic carbocycles. The molecule has 5 heteroatoms. The van der Waals surface area contributed by atoms with E-state index >= 15 is 0 Å². The second kappa shape index (κ2) is 6.43. The summed E-state index contributed by atoms with van der Waals surface area (Å²) in [6, 6.07) is 0. The van der Waals surface area contributed by atoms with Crippen LogP contribution in [0.25, 0.3) is 0 Å². The van der Waals surface area contributed by atoms with Crippen LogP contribution in [0.3, 0.4) is 0 Å². The molecule has 0 aliphatic heterocycles. The number of amides is 1. The zero-order chi connectivity index (χ0) is 11.1. The third-order valence-electron chi connectivity index (χ3n) is 1.34. The molecule has 1 unspecified atom stereocenters. The van der Waals surface area contributed by atoms with Crippen LogP contribution in [0.15, 0.2) is 12.2 Å². The Morgan fingerprint density at radius 2 is 2.14 bits per heavy atom. The second-order valence-electron chi connectivity index (χ2n) is 2.82. The molecule has 0 bridgehead atoms. The number of carbonyl (C=O) groups excluding carboxylic acids is 2. The first-order chi connectivity index (χ1) is 6.45. The first-order valence-electron chi connectivity index (χ1n) is 4.19. The van der Waals surface area contributed by atoms with Gasteiger partial charge in [-0.15, -0.1) is 11.6 Å². The summed E-state index contributed by atoms with van der Waals surface area (Å²) < 4.78 is 4.74. The molecule has 0 aliphatic rings. The summed E-state index contributed by atoms with van der Waals surface area (Å²) in [5, 5.41) is 1.92. The molecule has 0 aromatic heterocycles. The average Bonchev–Trinajstić information content (AvgIpc) is 2.11. The van der Waals surface area contributed by atoms with Crippen LogP contribution in [0.1, 0.15) is 13.8 Å². The van der Waals surface area contributed by atoms with Crippen LogP contribution in [0.5, 0.6) is 0 Å². The van der Waals surface area contributed by atoms with E-state index in [-0.39, 0.29) is 19.1 Å². The average molecular weight is 220 g/mol. The van der Waals surface area contributed by atoms with Crippen molar-refractivity contribution in [1.82, 2.24) is 5.32 Å². The van der Waals surface area contributed by atoms with Crippen LogP contribution in [0, 0.1) is 0 Å². The van der Waals surface area contributed by atoms with Crippen LogP contribution in [0.2, 0.25) is 0 Å². The van der Waals surface area contributed by atoms with Crippen molar-refractivity contribution in [2.45, 2.75) is 19.2 Å². The summed E-state index contributed by atoms with van der Waals surface area (Å²) in [4.78, 5) is 21.8. The highest BCUT2D eigenvalue weighted by molar-refractivity contribution is 6.30. The Balaban J connectivity index is 3.52. The Labute approximate surface area is 88.3 Å². The van der Waals surface area contributed by atoms with Crippen molar-refractivity contribution in [3.63, 3.8) is 0 Å². The summed E-state index contributed by atoms with van der Waals surface area (Å²) >= 11 is 5.49. The molecule has 0 radical (unpaired) electrons. The predicted octanol–water partition coefficient (Wildman–Crippen LogP) is 0.849. The molecular formula is C9H14ClNO3.